The highest BCUT2D eigenvalue weighted by atomic mass is 16.5. The molecule has 4 unspecified atom stereocenters. The van der Waals surface area contributed by atoms with E-state index in [2.05, 4.69) is 41.5 Å². The van der Waals surface area contributed by atoms with Gasteiger partial charge in [-0.1, -0.05) is 79.4 Å². The zero-order valence-corrected chi connectivity index (χ0v) is 19.9. The molecule has 0 spiro atoms. The normalized spacial score (nSPS) is 15.1. The fraction of sp³-hybridized carbons (Fsp3) is 0.692. The Balaban J connectivity index is 2.57. The summed E-state index contributed by atoms with van der Waals surface area (Å²) in [5.74, 6) is 1.06. The van der Waals surface area contributed by atoms with Crippen molar-refractivity contribution in [2.45, 2.75) is 80.1 Å². The highest BCUT2D eigenvalue weighted by Gasteiger charge is 2.20. The van der Waals surface area contributed by atoms with Gasteiger partial charge in [-0.15, -0.1) is 0 Å². The third-order valence-corrected chi connectivity index (χ3v) is 6.06. The van der Waals surface area contributed by atoms with Crippen LogP contribution in [0.3, 0.4) is 0 Å². The van der Waals surface area contributed by atoms with Crippen LogP contribution in [-0.4, -0.2) is 25.2 Å². The molecule has 0 heterocycles. The second-order valence-corrected chi connectivity index (χ2v) is 9.13. The van der Waals surface area contributed by atoms with Crippen molar-refractivity contribution in [3.05, 3.63) is 35.4 Å². The summed E-state index contributed by atoms with van der Waals surface area (Å²) < 4.78 is 11.0. The van der Waals surface area contributed by atoms with Gasteiger partial charge in [-0.3, -0.25) is 0 Å². The van der Waals surface area contributed by atoms with Gasteiger partial charge in [0, 0.05) is 0 Å². The summed E-state index contributed by atoms with van der Waals surface area (Å²) >= 11 is 0. The predicted octanol–water partition coefficient (Wildman–Crippen LogP) is 6.93. The average Bonchev–Trinajstić information content (AvgIpc) is 2.77. The van der Waals surface area contributed by atoms with Crippen molar-refractivity contribution in [2.24, 2.45) is 23.7 Å². The minimum Gasteiger partial charge on any atom is -0.462 e. The van der Waals surface area contributed by atoms with Crippen LogP contribution in [-0.2, 0) is 9.47 Å². The Labute approximate surface area is 183 Å². The number of ether oxygens (including phenoxy) is 2. The van der Waals surface area contributed by atoms with Crippen LogP contribution < -0.4 is 0 Å². The van der Waals surface area contributed by atoms with Crippen molar-refractivity contribution < 1.29 is 19.1 Å². The maximum atomic E-state index is 12.6. The van der Waals surface area contributed by atoms with Crippen molar-refractivity contribution in [3.8, 4) is 0 Å². The zero-order valence-electron chi connectivity index (χ0n) is 19.9. The second-order valence-electron chi connectivity index (χ2n) is 9.13. The number of hydrogen-bond acceptors (Lipinski definition) is 4. The first-order valence-electron chi connectivity index (χ1n) is 11.7. The van der Waals surface area contributed by atoms with E-state index < -0.39 is 11.9 Å². The van der Waals surface area contributed by atoms with Gasteiger partial charge < -0.3 is 9.47 Å². The van der Waals surface area contributed by atoms with Crippen molar-refractivity contribution in [1.29, 1.82) is 0 Å². The number of esters is 2. The lowest BCUT2D eigenvalue weighted by Gasteiger charge is -2.16. The van der Waals surface area contributed by atoms with E-state index in [1.54, 1.807) is 24.3 Å². The molecular formula is C26H42O4. The zero-order chi connectivity index (χ0) is 22.5. The fourth-order valence-electron chi connectivity index (χ4n) is 3.14. The molecule has 4 atom stereocenters. The lowest BCUT2D eigenvalue weighted by Crippen LogP contribution is -2.18. The molecule has 0 N–H and O–H groups in total. The molecule has 170 valence electrons. The number of hydrogen-bond donors (Lipinski definition) is 0. The highest BCUT2D eigenvalue weighted by Crippen LogP contribution is 2.18. The summed E-state index contributed by atoms with van der Waals surface area (Å²) in [6.07, 6.45) is 6.65. The molecule has 1 aromatic rings. The summed E-state index contributed by atoms with van der Waals surface area (Å²) in [5.41, 5.74) is 0.563. The van der Waals surface area contributed by atoms with Gasteiger partial charge in [0.05, 0.1) is 24.3 Å². The SMILES string of the molecule is CCC(C)CCC(C)COC(=O)c1ccccc1C(=O)OCC(C)CCC(C)CC. The summed E-state index contributed by atoms with van der Waals surface area (Å²) in [7, 11) is 0. The van der Waals surface area contributed by atoms with Crippen molar-refractivity contribution in [1.82, 2.24) is 0 Å². The van der Waals surface area contributed by atoms with Crippen molar-refractivity contribution >= 4 is 11.9 Å². The summed E-state index contributed by atoms with van der Waals surface area (Å²) in [6, 6.07) is 6.76. The molecule has 0 aliphatic rings. The van der Waals surface area contributed by atoms with Crippen LogP contribution in [0.5, 0.6) is 0 Å². The average molecular weight is 419 g/mol. The number of rotatable bonds is 14. The Hall–Kier alpha value is -1.84. The minimum atomic E-state index is -0.456. The Morgan fingerprint density at radius 2 is 1.00 bits per heavy atom. The molecule has 0 aliphatic carbocycles. The van der Waals surface area contributed by atoms with E-state index in [-0.39, 0.29) is 11.1 Å². The van der Waals surface area contributed by atoms with Crippen molar-refractivity contribution in [2.75, 3.05) is 13.2 Å². The number of carbonyl (C=O) groups excluding carboxylic acids is 2. The molecule has 30 heavy (non-hydrogen) atoms. The predicted molar refractivity (Wildman–Crippen MR) is 123 cm³/mol. The van der Waals surface area contributed by atoms with E-state index in [1.165, 1.54) is 0 Å². The number of benzene rings is 1. The molecule has 0 saturated heterocycles. The molecule has 4 nitrogen and oxygen atoms in total. The highest BCUT2D eigenvalue weighted by molar-refractivity contribution is 6.03. The van der Waals surface area contributed by atoms with Crippen LogP contribution in [0.15, 0.2) is 24.3 Å². The van der Waals surface area contributed by atoms with Gasteiger partial charge in [0.25, 0.3) is 0 Å². The van der Waals surface area contributed by atoms with E-state index in [0.29, 0.717) is 36.9 Å². The van der Waals surface area contributed by atoms with Gasteiger partial charge in [-0.25, -0.2) is 9.59 Å². The molecule has 0 bridgehead atoms. The molecule has 0 aliphatic heterocycles. The molecule has 4 heteroatoms. The smallest absolute Gasteiger partial charge is 0.339 e. The molecular weight excluding hydrogens is 376 g/mol. The monoisotopic (exact) mass is 418 g/mol. The van der Waals surface area contributed by atoms with Crippen LogP contribution in [0.1, 0.15) is 101 Å². The third-order valence-electron chi connectivity index (χ3n) is 6.06. The second kappa shape index (κ2) is 14.2. The summed E-state index contributed by atoms with van der Waals surface area (Å²) in [6.45, 7) is 13.8. The van der Waals surface area contributed by atoms with Crippen LogP contribution >= 0.6 is 0 Å². The first-order valence-corrected chi connectivity index (χ1v) is 11.7. The van der Waals surface area contributed by atoms with E-state index in [4.69, 9.17) is 9.47 Å². The Bertz CT molecular complexity index is 585. The summed E-state index contributed by atoms with van der Waals surface area (Å²) in [4.78, 5) is 25.2. The van der Waals surface area contributed by atoms with Crippen molar-refractivity contribution in [3.63, 3.8) is 0 Å². The Morgan fingerprint density at radius 1 is 0.667 bits per heavy atom. The van der Waals surface area contributed by atoms with Gasteiger partial charge in [0.2, 0.25) is 0 Å². The fourth-order valence-corrected chi connectivity index (χ4v) is 3.14. The van der Waals surface area contributed by atoms with Gasteiger partial charge in [-0.05, 0) is 48.6 Å². The standard InChI is InChI=1S/C26H42O4/c1-7-19(3)13-15-21(5)17-29-25(27)23-11-9-10-12-24(23)26(28)30-18-22(6)16-14-20(4)8-2/h9-12,19-22H,7-8,13-18H2,1-6H3. The van der Waals surface area contributed by atoms with Crippen LogP contribution in [0.2, 0.25) is 0 Å². The molecule has 0 fully saturated rings. The molecule has 0 saturated carbocycles. The van der Waals surface area contributed by atoms with Gasteiger partial charge >= 0.3 is 11.9 Å². The van der Waals surface area contributed by atoms with Crippen LogP contribution in [0.4, 0.5) is 0 Å². The van der Waals surface area contributed by atoms with E-state index in [1.807, 2.05) is 0 Å². The lowest BCUT2D eigenvalue weighted by molar-refractivity contribution is 0.0394. The van der Waals surface area contributed by atoms with Crippen LogP contribution in [0.25, 0.3) is 0 Å². The largest absolute Gasteiger partial charge is 0.462 e. The first kappa shape index (κ1) is 26.2. The maximum absolute atomic E-state index is 12.6. The molecule has 0 radical (unpaired) electrons. The number of carbonyl (C=O) groups is 2. The third kappa shape index (κ3) is 9.77. The quantitative estimate of drug-likeness (QED) is 0.308. The first-order chi connectivity index (χ1) is 14.3. The summed E-state index contributed by atoms with van der Waals surface area (Å²) in [5, 5.41) is 0. The van der Waals surface area contributed by atoms with E-state index in [9.17, 15) is 9.59 Å². The van der Waals surface area contributed by atoms with Gasteiger partial charge in [-0.2, -0.15) is 0 Å². The topological polar surface area (TPSA) is 52.6 Å². The van der Waals surface area contributed by atoms with Gasteiger partial charge in [0.15, 0.2) is 0 Å². The molecule has 0 amide bonds. The van der Waals surface area contributed by atoms with Crippen LogP contribution in [0, 0.1) is 23.7 Å². The maximum Gasteiger partial charge on any atom is 0.339 e. The molecule has 1 rings (SSSR count). The Kier molecular flexibility index (Phi) is 12.4. The Morgan fingerprint density at radius 3 is 1.33 bits per heavy atom. The molecule has 0 aromatic heterocycles. The lowest BCUT2D eigenvalue weighted by atomic mass is 9.97. The van der Waals surface area contributed by atoms with E-state index in [0.717, 1.165) is 38.5 Å². The van der Waals surface area contributed by atoms with E-state index >= 15 is 0 Å². The molecule has 1 aromatic carbocycles. The minimum absolute atomic E-state index is 0.281. The van der Waals surface area contributed by atoms with Gasteiger partial charge in [0.1, 0.15) is 0 Å².